The summed E-state index contributed by atoms with van der Waals surface area (Å²) < 4.78 is 0. The highest BCUT2D eigenvalue weighted by Crippen LogP contribution is 2.10. The number of carboxylic acids is 1. The third kappa shape index (κ3) is 11.0. The van der Waals surface area contributed by atoms with Crippen molar-refractivity contribution in [2.45, 2.75) is 45.6 Å². The molecule has 0 spiro atoms. The van der Waals surface area contributed by atoms with Gasteiger partial charge in [0.25, 0.3) is 0 Å². The lowest BCUT2D eigenvalue weighted by Crippen LogP contribution is -2.09. The second-order valence-electron chi connectivity index (χ2n) is 4.34. The van der Waals surface area contributed by atoms with Gasteiger partial charge in [-0.15, -0.1) is 0 Å². The summed E-state index contributed by atoms with van der Waals surface area (Å²) in [5.41, 5.74) is 0. The molecule has 1 atom stereocenters. The van der Waals surface area contributed by atoms with Gasteiger partial charge in [0, 0.05) is 6.08 Å². The fraction of sp³-hybridized carbons (Fsp3) is 0.615. The van der Waals surface area contributed by atoms with Crippen LogP contribution in [-0.4, -0.2) is 22.3 Å². The first-order chi connectivity index (χ1) is 7.52. The maximum Gasteiger partial charge on any atom is 0.328 e. The lowest BCUT2D eigenvalue weighted by atomic mass is 10.0. The summed E-state index contributed by atoms with van der Waals surface area (Å²) in [6.45, 7) is 4.19. The maximum atomic E-state index is 10.1. The van der Waals surface area contributed by atoms with Gasteiger partial charge in [0.15, 0.2) is 0 Å². The van der Waals surface area contributed by atoms with Crippen molar-refractivity contribution in [1.29, 1.82) is 0 Å². The standard InChI is InChI=1S/C13H22O3/c1-11(2)10-12(14)8-6-4-3-5-7-9-13(15)16/h3,5,7,9,11-12,14H,4,6,8,10H2,1-2H3,(H,15,16)/b5-3+,9-7+/t12-/m1/s1. The van der Waals surface area contributed by atoms with Gasteiger partial charge < -0.3 is 10.2 Å². The normalized spacial score (nSPS) is 14.0. The molecule has 0 heterocycles. The molecule has 0 aromatic carbocycles. The number of carboxylic acid groups (broad SMARTS) is 1. The van der Waals surface area contributed by atoms with E-state index in [1.54, 1.807) is 6.08 Å². The van der Waals surface area contributed by atoms with E-state index in [1.807, 2.05) is 6.08 Å². The van der Waals surface area contributed by atoms with Gasteiger partial charge >= 0.3 is 5.97 Å². The fourth-order valence-corrected chi connectivity index (χ4v) is 1.45. The van der Waals surface area contributed by atoms with Gasteiger partial charge in [0.05, 0.1) is 6.10 Å². The average Bonchev–Trinajstić information content (AvgIpc) is 2.14. The van der Waals surface area contributed by atoms with Crippen molar-refractivity contribution < 1.29 is 15.0 Å². The van der Waals surface area contributed by atoms with Crippen LogP contribution in [0.2, 0.25) is 0 Å². The number of carbonyl (C=O) groups is 1. The van der Waals surface area contributed by atoms with Crippen LogP contribution < -0.4 is 0 Å². The molecule has 0 radical (unpaired) electrons. The van der Waals surface area contributed by atoms with Crippen molar-refractivity contribution in [2.24, 2.45) is 5.92 Å². The van der Waals surface area contributed by atoms with Crippen LogP contribution in [0, 0.1) is 5.92 Å². The molecule has 0 rings (SSSR count). The molecule has 16 heavy (non-hydrogen) atoms. The molecule has 0 aliphatic rings. The summed E-state index contributed by atoms with van der Waals surface area (Å²) in [5.74, 6) is -0.402. The van der Waals surface area contributed by atoms with E-state index in [0.717, 1.165) is 31.8 Å². The summed E-state index contributed by atoms with van der Waals surface area (Å²) in [4.78, 5) is 10.1. The minimum atomic E-state index is -0.933. The van der Waals surface area contributed by atoms with Crippen molar-refractivity contribution in [3.05, 3.63) is 24.3 Å². The zero-order valence-corrected chi connectivity index (χ0v) is 10.1. The number of aliphatic hydroxyl groups excluding tert-OH is 1. The SMILES string of the molecule is CC(C)C[C@H](O)CCC/C=C/C=C/C(=O)O. The second kappa shape index (κ2) is 9.16. The van der Waals surface area contributed by atoms with Gasteiger partial charge in [-0.25, -0.2) is 4.79 Å². The van der Waals surface area contributed by atoms with Gasteiger partial charge in [-0.3, -0.25) is 0 Å². The van der Waals surface area contributed by atoms with Crippen LogP contribution in [0.4, 0.5) is 0 Å². The van der Waals surface area contributed by atoms with Crippen molar-refractivity contribution in [2.75, 3.05) is 0 Å². The van der Waals surface area contributed by atoms with E-state index in [4.69, 9.17) is 5.11 Å². The molecule has 0 saturated heterocycles. The van der Waals surface area contributed by atoms with Crippen LogP contribution in [0.5, 0.6) is 0 Å². The first kappa shape index (κ1) is 14.9. The molecule has 0 aromatic rings. The van der Waals surface area contributed by atoms with Gasteiger partial charge in [-0.2, -0.15) is 0 Å². The molecule has 0 unspecified atom stereocenters. The third-order valence-electron chi connectivity index (χ3n) is 2.14. The molecule has 0 aliphatic heterocycles. The van der Waals surface area contributed by atoms with Crippen LogP contribution in [0.3, 0.4) is 0 Å². The molecule has 3 nitrogen and oxygen atoms in total. The summed E-state index contributed by atoms with van der Waals surface area (Å²) >= 11 is 0. The molecule has 92 valence electrons. The van der Waals surface area contributed by atoms with Gasteiger partial charge in [-0.1, -0.05) is 32.1 Å². The van der Waals surface area contributed by atoms with Crippen LogP contribution in [0.1, 0.15) is 39.5 Å². The molecule has 0 saturated carbocycles. The van der Waals surface area contributed by atoms with E-state index in [2.05, 4.69) is 13.8 Å². The van der Waals surface area contributed by atoms with Crippen molar-refractivity contribution in [3.8, 4) is 0 Å². The zero-order valence-electron chi connectivity index (χ0n) is 10.1. The molecule has 0 aromatic heterocycles. The van der Waals surface area contributed by atoms with E-state index in [0.29, 0.717) is 5.92 Å². The molecule has 0 amide bonds. The monoisotopic (exact) mass is 226 g/mol. The Morgan fingerprint density at radius 2 is 2.00 bits per heavy atom. The second-order valence-corrected chi connectivity index (χ2v) is 4.34. The van der Waals surface area contributed by atoms with E-state index in [-0.39, 0.29) is 6.10 Å². The first-order valence-corrected chi connectivity index (χ1v) is 5.76. The van der Waals surface area contributed by atoms with Crippen molar-refractivity contribution in [3.63, 3.8) is 0 Å². The van der Waals surface area contributed by atoms with Crippen LogP contribution in [0.25, 0.3) is 0 Å². The van der Waals surface area contributed by atoms with E-state index in [9.17, 15) is 9.90 Å². The highest BCUT2D eigenvalue weighted by Gasteiger charge is 2.05. The maximum absolute atomic E-state index is 10.1. The molecule has 2 N–H and O–H groups in total. The molecule has 0 fully saturated rings. The van der Waals surface area contributed by atoms with Crippen molar-refractivity contribution >= 4 is 5.97 Å². The van der Waals surface area contributed by atoms with Crippen LogP contribution in [-0.2, 0) is 4.79 Å². The Balaban J connectivity index is 3.49. The van der Waals surface area contributed by atoms with E-state index >= 15 is 0 Å². The molecular formula is C13H22O3. The smallest absolute Gasteiger partial charge is 0.328 e. The van der Waals surface area contributed by atoms with Crippen molar-refractivity contribution in [1.82, 2.24) is 0 Å². The molecule has 3 heteroatoms. The minimum Gasteiger partial charge on any atom is -0.478 e. The summed E-state index contributed by atoms with van der Waals surface area (Å²) in [7, 11) is 0. The number of hydrogen-bond donors (Lipinski definition) is 2. The molecule has 0 aliphatic carbocycles. The lowest BCUT2D eigenvalue weighted by Gasteiger charge is -2.11. The van der Waals surface area contributed by atoms with Gasteiger partial charge in [0.2, 0.25) is 0 Å². The average molecular weight is 226 g/mol. The Kier molecular flexibility index (Phi) is 8.53. The quantitative estimate of drug-likeness (QED) is 0.380. The van der Waals surface area contributed by atoms with Crippen LogP contribution in [0.15, 0.2) is 24.3 Å². The summed E-state index contributed by atoms with van der Waals surface area (Å²) in [6, 6.07) is 0. The van der Waals surface area contributed by atoms with E-state index < -0.39 is 5.97 Å². The zero-order chi connectivity index (χ0) is 12.4. The Hall–Kier alpha value is -1.09. The Bertz CT molecular complexity index is 242. The van der Waals surface area contributed by atoms with E-state index in [1.165, 1.54) is 6.08 Å². The Labute approximate surface area is 97.5 Å². The Morgan fingerprint density at radius 3 is 2.56 bits per heavy atom. The van der Waals surface area contributed by atoms with Gasteiger partial charge in [0.1, 0.15) is 0 Å². The minimum absolute atomic E-state index is 0.206. The lowest BCUT2D eigenvalue weighted by molar-refractivity contribution is -0.131. The molecular weight excluding hydrogens is 204 g/mol. The predicted molar refractivity (Wildman–Crippen MR) is 65.2 cm³/mol. The fourth-order valence-electron chi connectivity index (χ4n) is 1.45. The number of aliphatic hydroxyl groups is 1. The predicted octanol–water partition coefficient (Wildman–Crippen LogP) is 2.76. The summed E-state index contributed by atoms with van der Waals surface area (Å²) in [6.07, 6.45) is 9.52. The topological polar surface area (TPSA) is 57.5 Å². The largest absolute Gasteiger partial charge is 0.478 e. The highest BCUT2D eigenvalue weighted by molar-refractivity contribution is 5.80. The van der Waals surface area contributed by atoms with Gasteiger partial charge in [-0.05, 0) is 31.6 Å². The molecule has 0 bridgehead atoms. The number of unbranched alkanes of at least 4 members (excludes halogenated alkanes) is 1. The highest BCUT2D eigenvalue weighted by atomic mass is 16.4. The first-order valence-electron chi connectivity index (χ1n) is 5.76. The number of rotatable bonds is 8. The Morgan fingerprint density at radius 1 is 1.31 bits per heavy atom. The third-order valence-corrected chi connectivity index (χ3v) is 2.14. The van der Waals surface area contributed by atoms with Crippen LogP contribution >= 0.6 is 0 Å². The number of allylic oxidation sites excluding steroid dienone is 3. The number of hydrogen-bond acceptors (Lipinski definition) is 2. The summed E-state index contributed by atoms with van der Waals surface area (Å²) in [5, 5.41) is 17.9. The number of aliphatic carboxylic acids is 1.